The van der Waals surface area contributed by atoms with Gasteiger partial charge in [-0.3, -0.25) is 4.79 Å². The Bertz CT molecular complexity index is 406. The summed E-state index contributed by atoms with van der Waals surface area (Å²) in [6.07, 6.45) is 1.03. The standard InChI is InChI=1S/C11H10N2O/c12-7-3-5-9-8-4-1-2-6-10(8)13-11(9)14/h1-2,4,6,9H,3,5H2,(H,13,14). The second-order valence-electron chi connectivity index (χ2n) is 3.33. The summed E-state index contributed by atoms with van der Waals surface area (Å²) < 4.78 is 0. The summed E-state index contributed by atoms with van der Waals surface area (Å²) >= 11 is 0. The van der Waals surface area contributed by atoms with Gasteiger partial charge in [-0.2, -0.15) is 5.26 Å². The van der Waals surface area contributed by atoms with E-state index in [1.165, 1.54) is 0 Å². The Morgan fingerprint density at radius 2 is 2.21 bits per heavy atom. The van der Waals surface area contributed by atoms with Crippen LogP contribution in [-0.2, 0) is 4.79 Å². The van der Waals surface area contributed by atoms with E-state index in [-0.39, 0.29) is 11.8 Å². The van der Waals surface area contributed by atoms with Crippen molar-refractivity contribution in [1.29, 1.82) is 5.26 Å². The molecule has 3 heteroatoms. The van der Waals surface area contributed by atoms with E-state index in [2.05, 4.69) is 11.4 Å². The predicted molar refractivity (Wildman–Crippen MR) is 52.7 cm³/mol. The number of anilines is 1. The third-order valence-corrected chi connectivity index (χ3v) is 2.46. The lowest BCUT2D eigenvalue weighted by atomic mass is 9.96. The van der Waals surface area contributed by atoms with Crippen molar-refractivity contribution in [1.82, 2.24) is 0 Å². The third-order valence-electron chi connectivity index (χ3n) is 2.46. The first-order valence-electron chi connectivity index (χ1n) is 4.59. The van der Waals surface area contributed by atoms with E-state index in [1.807, 2.05) is 24.3 Å². The van der Waals surface area contributed by atoms with E-state index >= 15 is 0 Å². The summed E-state index contributed by atoms with van der Waals surface area (Å²) in [6.45, 7) is 0. The summed E-state index contributed by atoms with van der Waals surface area (Å²) in [7, 11) is 0. The van der Waals surface area contributed by atoms with Gasteiger partial charge >= 0.3 is 0 Å². The van der Waals surface area contributed by atoms with Crippen LogP contribution in [0.1, 0.15) is 24.3 Å². The molecule has 2 rings (SSSR count). The number of nitrogens with one attached hydrogen (secondary N) is 1. The molecule has 3 nitrogen and oxygen atoms in total. The molecule has 0 aromatic heterocycles. The molecule has 1 aliphatic rings. The Hall–Kier alpha value is -1.82. The zero-order valence-electron chi connectivity index (χ0n) is 7.66. The van der Waals surface area contributed by atoms with Crippen molar-refractivity contribution < 1.29 is 4.79 Å². The van der Waals surface area contributed by atoms with Crippen LogP contribution in [0.15, 0.2) is 24.3 Å². The second kappa shape index (κ2) is 3.51. The number of hydrogen-bond donors (Lipinski definition) is 1. The van der Waals surface area contributed by atoms with Gasteiger partial charge in [0.2, 0.25) is 5.91 Å². The summed E-state index contributed by atoms with van der Waals surface area (Å²) in [5.41, 5.74) is 1.91. The van der Waals surface area contributed by atoms with Gasteiger partial charge < -0.3 is 5.32 Å². The number of amides is 1. The van der Waals surface area contributed by atoms with Gasteiger partial charge in [-0.25, -0.2) is 0 Å². The molecule has 1 aliphatic heterocycles. The zero-order valence-corrected chi connectivity index (χ0v) is 7.66. The van der Waals surface area contributed by atoms with Crippen LogP contribution in [0, 0.1) is 11.3 Å². The second-order valence-corrected chi connectivity index (χ2v) is 3.33. The van der Waals surface area contributed by atoms with Gasteiger partial charge in [0, 0.05) is 12.1 Å². The van der Waals surface area contributed by atoms with Gasteiger partial charge in [-0.15, -0.1) is 0 Å². The first kappa shape index (κ1) is 8.76. The Morgan fingerprint density at radius 3 is 3.00 bits per heavy atom. The highest BCUT2D eigenvalue weighted by Crippen LogP contribution is 2.34. The molecule has 0 bridgehead atoms. The molecule has 0 radical (unpaired) electrons. The Balaban J connectivity index is 2.26. The predicted octanol–water partition coefficient (Wildman–Crippen LogP) is 2.03. The van der Waals surface area contributed by atoms with Crippen LogP contribution >= 0.6 is 0 Å². The fourth-order valence-electron chi connectivity index (χ4n) is 1.77. The van der Waals surface area contributed by atoms with Gasteiger partial charge in [-0.05, 0) is 18.1 Å². The Kier molecular flexibility index (Phi) is 2.19. The van der Waals surface area contributed by atoms with Crippen LogP contribution in [0.4, 0.5) is 5.69 Å². The van der Waals surface area contributed by atoms with Crippen LogP contribution in [0.3, 0.4) is 0 Å². The number of hydrogen-bond acceptors (Lipinski definition) is 2. The fourth-order valence-corrected chi connectivity index (χ4v) is 1.77. The van der Waals surface area contributed by atoms with Crippen molar-refractivity contribution >= 4 is 11.6 Å². The molecule has 14 heavy (non-hydrogen) atoms. The minimum Gasteiger partial charge on any atom is -0.325 e. The lowest BCUT2D eigenvalue weighted by Gasteiger charge is -2.04. The molecule has 0 fully saturated rings. The molecular weight excluding hydrogens is 176 g/mol. The largest absolute Gasteiger partial charge is 0.325 e. The molecule has 1 aromatic carbocycles. The maximum atomic E-state index is 11.5. The molecule has 70 valence electrons. The molecule has 0 spiro atoms. The van der Waals surface area contributed by atoms with Crippen LogP contribution in [0.25, 0.3) is 0 Å². The minimum absolute atomic E-state index is 0.0152. The zero-order chi connectivity index (χ0) is 9.97. The van der Waals surface area contributed by atoms with Gasteiger partial charge in [0.05, 0.1) is 12.0 Å². The minimum atomic E-state index is -0.133. The molecule has 1 atom stereocenters. The lowest BCUT2D eigenvalue weighted by molar-refractivity contribution is -0.117. The van der Waals surface area contributed by atoms with Gasteiger partial charge in [0.15, 0.2) is 0 Å². The monoisotopic (exact) mass is 186 g/mol. The molecule has 0 aliphatic carbocycles. The molecule has 1 N–H and O–H groups in total. The smallest absolute Gasteiger partial charge is 0.232 e. The number of nitrogens with zero attached hydrogens (tertiary/aromatic N) is 1. The van der Waals surface area contributed by atoms with E-state index in [0.29, 0.717) is 12.8 Å². The number of rotatable bonds is 2. The topological polar surface area (TPSA) is 52.9 Å². The van der Waals surface area contributed by atoms with Gasteiger partial charge in [0.25, 0.3) is 0 Å². The average Bonchev–Trinajstić information content (AvgIpc) is 2.51. The highest BCUT2D eigenvalue weighted by Gasteiger charge is 2.29. The van der Waals surface area contributed by atoms with Crippen molar-refractivity contribution in [2.45, 2.75) is 18.8 Å². The SMILES string of the molecule is N#CCCC1C(=O)Nc2ccccc21. The molecular formula is C11H10N2O. The number of para-hydroxylation sites is 1. The van der Waals surface area contributed by atoms with Crippen LogP contribution in [-0.4, -0.2) is 5.91 Å². The number of carbonyl (C=O) groups excluding carboxylic acids is 1. The van der Waals surface area contributed by atoms with Gasteiger partial charge in [-0.1, -0.05) is 18.2 Å². The molecule has 1 aromatic rings. The normalized spacial score (nSPS) is 18.5. The number of benzene rings is 1. The molecule has 1 heterocycles. The van der Waals surface area contributed by atoms with E-state index in [0.717, 1.165) is 11.3 Å². The third kappa shape index (κ3) is 1.35. The fraction of sp³-hybridized carbons (Fsp3) is 0.273. The van der Waals surface area contributed by atoms with Crippen LogP contribution in [0.2, 0.25) is 0 Å². The van der Waals surface area contributed by atoms with E-state index in [1.54, 1.807) is 0 Å². The summed E-state index contributed by atoms with van der Waals surface area (Å²) in [5, 5.41) is 11.3. The van der Waals surface area contributed by atoms with E-state index in [9.17, 15) is 4.79 Å². The quantitative estimate of drug-likeness (QED) is 0.768. The maximum Gasteiger partial charge on any atom is 0.232 e. The molecule has 1 unspecified atom stereocenters. The highest BCUT2D eigenvalue weighted by atomic mass is 16.2. The number of carbonyl (C=O) groups is 1. The lowest BCUT2D eigenvalue weighted by Crippen LogP contribution is -2.11. The van der Waals surface area contributed by atoms with Gasteiger partial charge in [0.1, 0.15) is 0 Å². The average molecular weight is 186 g/mol. The number of fused-ring (bicyclic) bond motifs is 1. The first-order valence-corrected chi connectivity index (χ1v) is 4.59. The van der Waals surface area contributed by atoms with Crippen molar-refractivity contribution in [2.24, 2.45) is 0 Å². The first-order chi connectivity index (χ1) is 6.83. The summed E-state index contributed by atoms with van der Waals surface area (Å²) in [5.74, 6) is -0.118. The van der Waals surface area contributed by atoms with E-state index in [4.69, 9.17) is 5.26 Å². The summed E-state index contributed by atoms with van der Waals surface area (Å²) in [6, 6.07) is 9.70. The molecule has 1 amide bonds. The highest BCUT2D eigenvalue weighted by molar-refractivity contribution is 6.02. The van der Waals surface area contributed by atoms with Crippen LogP contribution < -0.4 is 5.32 Å². The van der Waals surface area contributed by atoms with Crippen molar-refractivity contribution in [2.75, 3.05) is 5.32 Å². The van der Waals surface area contributed by atoms with Crippen molar-refractivity contribution in [3.05, 3.63) is 29.8 Å². The summed E-state index contributed by atoms with van der Waals surface area (Å²) in [4.78, 5) is 11.5. The van der Waals surface area contributed by atoms with Crippen molar-refractivity contribution in [3.63, 3.8) is 0 Å². The van der Waals surface area contributed by atoms with E-state index < -0.39 is 0 Å². The number of nitriles is 1. The Morgan fingerprint density at radius 1 is 1.43 bits per heavy atom. The van der Waals surface area contributed by atoms with Crippen LogP contribution in [0.5, 0.6) is 0 Å². The molecule has 0 saturated carbocycles. The van der Waals surface area contributed by atoms with Crippen molar-refractivity contribution in [3.8, 4) is 6.07 Å². The Labute approximate surface area is 82.4 Å². The maximum absolute atomic E-state index is 11.5. The molecule has 0 saturated heterocycles.